The first-order valence-electron chi connectivity index (χ1n) is 2.85. The van der Waals surface area contributed by atoms with Crippen LogP contribution in [0, 0.1) is 0 Å². The number of unbranched alkanes of at least 4 members (excludes halogenated alkanes) is 1. The molecule has 0 aromatic heterocycles. The fourth-order valence-electron chi connectivity index (χ4n) is 0.459. The number of rotatable bonds is 4. The summed E-state index contributed by atoms with van der Waals surface area (Å²) in [5.74, 6) is 0. The van der Waals surface area contributed by atoms with Gasteiger partial charge < -0.3 is 0 Å². The van der Waals surface area contributed by atoms with Gasteiger partial charge in [0, 0.05) is 0 Å². The Hall–Kier alpha value is 1.19. The van der Waals surface area contributed by atoms with Crippen molar-refractivity contribution in [2.45, 2.75) is 23.6 Å². The second-order valence-electron chi connectivity index (χ2n) is 1.71. The van der Waals surface area contributed by atoms with E-state index in [1.54, 1.807) is 0 Å². The van der Waals surface area contributed by atoms with E-state index in [1.165, 1.54) is 33.8 Å². The van der Waals surface area contributed by atoms with E-state index in [1.807, 2.05) is 0 Å². The molecule has 0 saturated carbocycles. The van der Waals surface area contributed by atoms with Crippen LogP contribution < -0.4 is 0 Å². The molecule has 0 radical (unpaired) electrons. The van der Waals surface area contributed by atoms with Crippen molar-refractivity contribution in [3.05, 3.63) is 0 Å². The fourth-order valence-corrected chi connectivity index (χ4v) is 1.79. The van der Waals surface area contributed by atoms with Crippen LogP contribution >= 0.6 is 22.5 Å². The van der Waals surface area contributed by atoms with Gasteiger partial charge >= 0.3 is 79.0 Å². The quantitative estimate of drug-likeness (QED) is 0.360. The van der Waals surface area contributed by atoms with Gasteiger partial charge in [0.1, 0.15) is 0 Å². The molecule has 0 aliphatic rings. The molecule has 0 spiro atoms. The van der Waals surface area contributed by atoms with Gasteiger partial charge in [-0.25, -0.2) is 0 Å². The fraction of sp³-hybridized carbons (Fsp3) is 0.800. The van der Waals surface area contributed by atoms with Gasteiger partial charge in [-0.2, -0.15) is 0 Å². The first-order valence-corrected chi connectivity index (χ1v) is 7.05. The topological polar surface area (TPSA) is 17.1 Å². The monoisotopic (exact) mass is 272 g/mol. The van der Waals surface area contributed by atoms with Crippen molar-refractivity contribution in [3.63, 3.8) is 0 Å². The van der Waals surface area contributed by atoms with Crippen LogP contribution in [0.2, 0.25) is 4.37 Å². The van der Waals surface area contributed by atoms with E-state index in [0.29, 0.717) is 6.42 Å². The van der Waals surface area contributed by atoms with Crippen molar-refractivity contribution in [2.24, 2.45) is 0 Å². The molecule has 0 aliphatic heterocycles. The van der Waals surface area contributed by atoms with E-state index >= 15 is 0 Å². The third-order valence-corrected chi connectivity index (χ3v) is 3.12. The first kappa shape index (κ1) is 10.2. The SMILES string of the molecule is O=C(CCC[CH2][SbH2])SS. The van der Waals surface area contributed by atoms with Crippen LogP contribution in [0.3, 0.4) is 0 Å². The Morgan fingerprint density at radius 1 is 1.56 bits per heavy atom. The number of thiol groups is 1. The number of hydrogen-bond donors (Lipinski definition) is 1. The van der Waals surface area contributed by atoms with Gasteiger partial charge in [0.05, 0.1) is 0 Å². The number of carbonyl (C=O) groups excluding carboxylic acids is 1. The average Bonchev–Trinajstić information content (AvgIpc) is 1.89. The van der Waals surface area contributed by atoms with Crippen molar-refractivity contribution in [2.75, 3.05) is 0 Å². The molecule has 0 atom stereocenters. The van der Waals surface area contributed by atoms with Crippen LogP contribution in [0.5, 0.6) is 0 Å². The van der Waals surface area contributed by atoms with Gasteiger partial charge in [-0.15, -0.1) is 0 Å². The normalized spacial score (nSPS) is 9.56. The molecule has 0 heterocycles. The van der Waals surface area contributed by atoms with E-state index in [4.69, 9.17) is 0 Å². The molecule has 4 heteroatoms. The predicted octanol–water partition coefficient (Wildman–Crippen LogP) is 1.31. The van der Waals surface area contributed by atoms with Crippen LogP contribution in [0.15, 0.2) is 0 Å². The molecular weight excluding hydrogens is 262 g/mol. The summed E-state index contributed by atoms with van der Waals surface area (Å²) in [6.45, 7) is 0. The molecule has 0 saturated heterocycles. The van der Waals surface area contributed by atoms with Gasteiger partial charge in [0.25, 0.3) is 0 Å². The molecule has 54 valence electrons. The summed E-state index contributed by atoms with van der Waals surface area (Å²) >= 11 is 5.11. The minimum absolute atomic E-state index is 0.201. The molecule has 0 N–H and O–H groups in total. The van der Waals surface area contributed by atoms with Crippen molar-refractivity contribution in [3.8, 4) is 0 Å². The van der Waals surface area contributed by atoms with Crippen LogP contribution in [-0.4, -0.2) is 28.1 Å². The zero-order valence-electron chi connectivity index (χ0n) is 5.17. The van der Waals surface area contributed by atoms with Crippen molar-refractivity contribution < 1.29 is 4.79 Å². The predicted molar refractivity (Wildman–Crippen MR) is 48.8 cm³/mol. The van der Waals surface area contributed by atoms with Gasteiger partial charge in [-0.3, -0.25) is 0 Å². The van der Waals surface area contributed by atoms with E-state index < -0.39 is 0 Å². The molecule has 0 rings (SSSR count). The van der Waals surface area contributed by atoms with Gasteiger partial charge in [-0.05, 0) is 0 Å². The second-order valence-corrected chi connectivity index (χ2v) is 4.54. The summed E-state index contributed by atoms with van der Waals surface area (Å²) in [7, 11) is 1.04. The summed E-state index contributed by atoms with van der Waals surface area (Å²) < 4.78 is 1.30. The van der Waals surface area contributed by atoms with E-state index in [0.717, 1.165) is 17.2 Å². The first-order chi connectivity index (χ1) is 4.31. The summed E-state index contributed by atoms with van der Waals surface area (Å²) in [6, 6.07) is 0. The molecular formula is C5H11OS2Sb. The zero-order chi connectivity index (χ0) is 7.11. The third kappa shape index (κ3) is 7.08. The maximum atomic E-state index is 10.6. The van der Waals surface area contributed by atoms with Crippen molar-refractivity contribution in [1.29, 1.82) is 0 Å². The van der Waals surface area contributed by atoms with Crippen LogP contribution in [0.1, 0.15) is 19.3 Å². The molecule has 0 aromatic rings. The van der Waals surface area contributed by atoms with Crippen molar-refractivity contribution >= 4 is 50.6 Å². The summed E-state index contributed by atoms with van der Waals surface area (Å²) in [4.78, 5) is 10.6. The molecule has 0 unspecified atom stereocenters. The molecule has 9 heavy (non-hydrogen) atoms. The average molecular weight is 273 g/mol. The molecule has 0 bridgehead atoms. The zero-order valence-corrected chi connectivity index (χ0v) is 10.2. The Balaban J connectivity index is 2.97. The number of hydrogen-bond acceptors (Lipinski definition) is 3. The summed E-state index contributed by atoms with van der Waals surface area (Å²) in [5, 5.41) is 0.201. The molecule has 0 aliphatic carbocycles. The molecule has 0 fully saturated rings. The number of carbonyl (C=O) groups is 1. The van der Waals surface area contributed by atoms with E-state index in [-0.39, 0.29) is 5.12 Å². The van der Waals surface area contributed by atoms with Crippen molar-refractivity contribution in [1.82, 2.24) is 0 Å². The summed E-state index contributed by atoms with van der Waals surface area (Å²) in [5.41, 5.74) is 0. The summed E-state index contributed by atoms with van der Waals surface area (Å²) in [6.07, 6.45) is 2.96. The van der Waals surface area contributed by atoms with Crippen LogP contribution in [0.25, 0.3) is 0 Å². The minimum atomic E-state index is 0.201. The van der Waals surface area contributed by atoms with Crippen LogP contribution in [0.4, 0.5) is 0 Å². The Morgan fingerprint density at radius 3 is 2.67 bits per heavy atom. The molecule has 0 amide bonds. The Labute approximate surface area is 78.6 Å². The van der Waals surface area contributed by atoms with E-state index in [2.05, 4.69) is 11.7 Å². The Kier molecular flexibility index (Phi) is 8.26. The maximum absolute atomic E-state index is 10.6. The third-order valence-electron chi connectivity index (χ3n) is 0.937. The second kappa shape index (κ2) is 7.30. The van der Waals surface area contributed by atoms with Gasteiger partial charge in [0.15, 0.2) is 0 Å². The standard InChI is InChI=1S/C5H9OS2.Sb.2H/c1-2-3-4-5(6)8-7;;;/h7H,1-4H2;;;. The van der Waals surface area contributed by atoms with Crippen LogP contribution in [-0.2, 0) is 4.79 Å². The van der Waals surface area contributed by atoms with E-state index in [9.17, 15) is 4.79 Å². The Morgan fingerprint density at radius 2 is 2.22 bits per heavy atom. The molecule has 0 aromatic carbocycles. The van der Waals surface area contributed by atoms with Gasteiger partial charge in [0.2, 0.25) is 0 Å². The molecule has 1 nitrogen and oxygen atoms in total. The Bertz CT molecular complexity index is 87.0. The van der Waals surface area contributed by atoms with Gasteiger partial charge in [-0.1, -0.05) is 0 Å².